The summed E-state index contributed by atoms with van der Waals surface area (Å²) in [6.45, 7) is 5.19. The van der Waals surface area contributed by atoms with Gasteiger partial charge >= 0.3 is 0 Å². The highest BCUT2D eigenvalue weighted by molar-refractivity contribution is 14.0. The first-order chi connectivity index (χ1) is 11.1. The van der Waals surface area contributed by atoms with Crippen LogP contribution >= 0.6 is 24.0 Å². The second-order valence-corrected chi connectivity index (χ2v) is 6.36. The number of nitrogens with zero attached hydrogens (tertiary/aromatic N) is 1. The number of benzene rings is 1. The van der Waals surface area contributed by atoms with Gasteiger partial charge in [0.05, 0.1) is 6.54 Å². The summed E-state index contributed by atoms with van der Waals surface area (Å²) in [6, 6.07) is 6.71. The molecule has 136 valence electrons. The average molecular weight is 449 g/mol. The molecule has 0 heterocycles. The first-order valence-electron chi connectivity index (χ1n) is 8.57. The minimum atomic E-state index is -0.932. The van der Waals surface area contributed by atoms with Gasteiger partial charge in [-0.25, -0.2) is 4.39 Å². The number of rotatable bonds is 5. The van der Waals surface area contributed by atoms with Gasteiger partial charge in [-0.05, 0) is 44.6 Å². The van der Waals surface area contributed by atoms with Crippen LogP contribution in [0.1, 0.15) is 51.2 Å². The molecule has 1 saturated carbocycles. The Morgan fingerprint density at radius 2 is 1.96 bits per heavy atom. The van der Waals surface area contributed by atoms with Gasteiger partial charge in [-0.1, -0.05) is 25.1 Å². The maximum absolute atomic E-state index is 13.7. The number of nitrogens with one attached hydrogen (secondary N) is 2. The Bertz CT molecular complexity index is 519. The molecule has 0 aromatic heterocycles. The predicted octanol–water partition coefficient (Wildman–Crippen LogP) is 3.61. The van der Waals surface area contributed by atoms with Crippen LogP contribution in [0.4, 0.5) is 4.39 Å². The smallest absolute Gasteiger partial charge is 0.191 e. The van der Waals surface area contributed by atoms with Crippen LogP contribution < -0.4 is 10.6 Å². The minimum Gasteiger partial charge on any atom is -0.386 e. The zero-order valence-electron chi connectivity index (χ0n) is 14.5. The monoisotopic (exact) mass is 449 g/mol. The molecule has 4 nitrogen and oxygen atoms in total. The molecule has 1 aliphatic carbocycles. The highest BCUT2D eigenvalue weighted by Gasteiger charge is 2.19. The zero-order chi connectivity index (χ0) is 16.7. The summed E-state index contributed by atoms with van der Waals surface area (Å²) in [5.41, 5.74) is 0.290. The first kappa shape index (κ1) is 21.2. The van der Waals surface area contributed by atoms with Crippen molar-refractivity contribution in [3.05, 3.63) is 35.6 Å². The van der Waals surface area contributed by atoms with E-state index in [1.807, 2.05) is 6.92 Å². The normalized spacial score (nSPS) is 22.4. The van der Waals surface area contributed by atoms with Crippen LogP contribution in [-0.2, 0) is 0 Å². The van der Waals surface area contributed by atoms with Crippen molar-refractivity contribution in [2.45, 2.75) is 51.7 Å². The Morgan fingerprint density at radius 1 is 1.29 bits per heavy atom. The molecule has 1 fully saturated rings. The number of guanidine groups is 1. The molecule has 1 atom stereocenters. The second-order valence-electron chi connectivity index (χ2n) is 6.36. The van der Waals surface area contributed by atoms with E-state index in [-0.39, 0.29) is 30.5 Å². The first-order valence-corrected chi connectivity index (χ1v) is 8.57. The van der Waals surface area contributed by atoms with Crippen LogP contribution in [-0.4, -0.2) is 30.2 Å². The summed E-state index contributed by atoms with van der Waals surface area (Å²) >= 11 is 0. The van der Waals surface area contributed by atoms with Gasteiger partial charge in [0, 0.05) is 18.2 Å². The van der Waals surface area contributed by atoms with Crippen molar-refractivity contribution in [3.63, 3.8) is 0 Å². The summed E-state index contributed by atoms with van der Waals surface area (Å²) in [6.07, 6.45) is 3.81. The average Bonchev–Trinajstić information content (AvgIpc) is 2.55. The maximum Gasteiger partial charge on any atom is 0.191 e. The molecule has 3 N–H and O–H groups in total. The number of halogens is 2. The number of aliphatic hydroxyl groups is 1. The molecule has 0 spiro atoms. The lowest BCUT2D eigenvalue weighted by Gasteiger charge is -2.28. The molecule has 0 amide bonds. The van der Waals surface area contributed by atoms with E-state index in [1.54, 1.807) is 18.2 Å². The Balaban J connectivity index is 0.00000288. The van der Waals surface area contributed by atoms with Gasteiger partial charge in [0.1, 0.15) is 11.9 Å². The molecule has 24 heavy (non-hydrogen) atoms. The SMILES string of the molecule is CCNC(=NCC(O)c1ccccc1F)NC1CCC(C)CC1.I. The van der Waals surface area contributed by atoms with E-state index in [2.05, 4.69) is 22.5 Å². The Hall–Kier alpha value is -0.890. The van der Waals surface area contributed by atoms with Gasteiger partial charge < -0.3 is 15.7 Å². The van der Waals surface area contributed by atoms with Gasteiger partial charge in [0.15, 0.2) is 5.96 Å². The Kier molecular flexibility index (Phi) is 9.58. The van der Waals surface area contributed by atoms with E-state index in [1.165, 1.54) is 18.9 Å². The van der Waals surface area contributed by atoms with Crippen molar-refractivity contribution >= 4 is 29.9 Å². The minimum absolute atomic E-state index is 0. The fourth-order valence-electron chi connectivity index (χ4n) is 2.94. The van der Waals surface area contributed by atoms with Gasteiger partial charge in [-0.15, -0.1) is 24.0 Å². The molecule has 0 aliphatic heterocycles. The molecule has 2 rings (SSSR count). The zero-order valence-corrected chi connectivity index (χ0v) is 16.8. The van der Waals surface area contributed by atoms with Crippen molar-refractivity contribution in [3.8, 4) is 0 Å². The van der Waals surface area contributed by atoms with Crippen LogP contribution in [0, 0.1) is 11.7 Å². The molecule has 1 aromatic rings. The summed E-state index contributed by atoms with van der Waals surface area (Å²) in [5.74, 6) is 1.10. The summed E-state index contributed by atoms with van der Waals surface area (Å²) in [7, 11) is 0. The van der Waals surface area contributed by atoms with E-state index in [9.17, 15) is 9.50 Å². The largest absolute Gasteiger partial charge is 0.386 e. The van der Waals surface area contributed by atoms with Crippen LogP contribution in [0.2, 0.25) is 0 Å². The number of aliphatic hydroxyl groups excluding tert-OH is 1. The third-order valence-electron chi connectivity index (χ3n) is 4.39. The second kappa shape index (κ2) is 10.9. The number of hydrogen-bond donors (Lipinski definition) is 3. The van der Waals surface area contributed by atoms with Gasteiger partial charge in [0.25, 0.3) is 0 Å². The molecule has 0 saturated heterocycles. The summed E-state index contributed by atoms with van der Waals surface area (Å²) in [4.78, 5) is 4.42. The maximum atomic E-state index is 13.7. The van der Waals surface area contributed by atoms with Crippen LogP contribution in [0.3, 0.4) is 0 Å². The number of aliphatic imine (C=N–C) groups is 1. The highest BCUT2D eigenvalue weighted by atomic mass is 127. The molecule has 1 unspecified atom stereocenters. The molecule has 6 heteroatoms. The van der Waals surface area contributed by atoms with E-state index in [4.69, 9.17) is 0 Å². The molecule has 1 aliphatic rings. The van der Waals surface area contributed by atoms with E-state index < -0.39 is 11.9 Å². The lowest BCUT2D eigenvalue weighted by Crippen LogP contribution is -2.45. The van der Waals surface area contributed by atoms with E-state index in [0.717, 1.165) is 25.3 Å². The topological polar surface area (TPSA) is 56.7 Å². The van der Waals surface area contributed by atoms with Crippen molar-refractivity contribution in [2.24, 2.45) is 10.9 Å². The summed E-state index contributed by atoms with van der Waals surface area (Å²) < 4.78 is 13.7. The van der Waals surface area contributed by atoms with Crippen molar-refractivity contribution < 1.29 is 9.50 Å². The Labute approximate surface area is 161 Å². The molecular weight excluding hydrogens is 420 g/mol. The van der Waals surface area contributed by atoms with Gasteiger partial charge in [0.2, 0.25) is 0 Å². The lowest BCUT2D eigenvalue weighted by molar-refractivity contribution is 0.182. The fraction of sp³-hybridized carbons (Fsp3) is 0.611. The third kappa shape index (κ3) is 6.55. The summed E-state index contributed by atoms with van der Waals surface area (Å²) in [5, 5.41) is 16.8. The third-order valence-corrected chi connectivity index (χ3v) is 4.39. The van der Waals surface area contributed by atoms with E-state index >= 15 is 0 Å². The van der Waals surface area contributed by atoms with E-state index in [0.29, 0.717) is 17.6 Å². The molecular formula is C18H29FIN3O. The van der Waals surface area contributed by atoms with Crippen molar-refractivity contribution in [1.29, 1.82) is 0 Å². The van der Waals surface area contributed by atoms with Crippen molar-refractivity contribution in [2.75, 3.05) is 13.1 Å². The Morgan fingerprint density at radius 3 is 2.58 bits per heavy atom. The van der Waals surface area contributed by atoms with Gasteiger partial charge in [-0.2, -0.15) is 0 Å². The standard InChI is InChI=1S/C18H28FN3O.HI/c1-3-20-18(22-14-10-8-13(2)9-11-14)21-12-17(23)15-6-4-5-7-16(15)19;/h4-7,13-14,17,23H,3,8-12H2,1-2H3,(H2,20,21,22);1H. The molecule has 0 bridgehead atoms. The molecule has 0 radical (unpaired) electrons. The van der Waals surface area contributed by atoms with Crippen LogP contribution in [0.25, 0.3) is 0 Å². The fourth-order valence-corrected chi connectivity index (χ4v) is 2.94. The number of hydrogen-bond acceptors (Lipinski definition) is 2. The van der Waals surface area contributed by atoms with Gasteiger partial charge in [-0.3, -0.25) is 4.99 Å². The molecule has 1 aromatic carbocycles. The van der Waals surface area contributed by atoms with Crippen LogP contribution in [0.5, 0.6) is 0 Å². The highest BCUT2D eigenvalue weighted by Crippen LogP contribution is 2.23. The quantitative estimate of drug-likeness (QED) is 0.366. The lowest BCUT2D eigenvalue weighted by atomic mass is 9.87. The van der Waals surface area contributed by atoms with Crippen LogP contribution in [0.15, 0.2) is 29.3 Å². The van der Waals surface area contributed by atoms with Crippen molar-refractivity contribution in [1.82, 2.24) is 10.6 Å². The predicted molar refractivity (Wildman–Crippen MR) is 107 cm³/mol.